The van der Waals surface area contributed by atoms with Gasteiger partial charge >= 0.3 is 0 Å². The van der Waals surface area contributed by atoms with Crippen molar-refractivity contribution in [2.24, 2.45) is 7.05 Å². The number of nitrogens with zero attached hydrogens (tertiary/aromatic N) is 2. The van der Waals surface area contributed by atoms with Gasteiger partial charge in [-0.2, -0.15) is 0 Å². The quantitative estimate of drug-likeness (QED) is 0.515. The van der Waals surface area contributed by atoms with Gasteiger partial charge in [-0.25, -0.2) is 9.55 Å². The zero-order chi connectivity index (χ0) is 12.5. The highest BCUT2D eigenvalue weighted by Crippen LogP contribution is 2.28. The maximum atomic E-state index is 5.72. The summed E-state index contributed by atoms with van der Waals surface area (Å²) in [5.41, 5.74) is 7.81. The highest BCUT2D eigenvalue weighted by atomic mass is 35.5. The van der Waals surface area contributed by atoms with Gasteiger partial charge in [-0.15, -0.1) is 0 Å². The SMILES string of the molecule is C[n+]1cc[nH]c1C1CCN(c2ccc(N)cc2)C1.[Cl-]. The first-order valence-corrected chi connectivity index (χ1v) is 6.37. The summed E-state index contributed by atoms with van der Waals surface area (Å²) in [6.45, 7) is 2.17. The van der Waals surface area contributed by atoms with E-state index >= 15 is 0 Å². The summed E-state index contributed by atoms with van der Waals surface area (Å²) in [4.78, 5) is 5.77. The van der Waals surface area contributed by atoms with E-state index in [1.165, 1.54) is 17.9 Å². The Kier molecular flexibility index (Phi) is 4.00. The summed E-state index contributed by atoms with van der Waals surface area (Å²) in [5, 5.41) is 0. The topological polar surface area (TPSA) is 48.9 Å². The number of halogens is 1. The molecule has 2 heterocycles. The molecule has 102 valence electrons. The molecule has 3 rings (SSSR count). The second-order valence-corrected chi connectivity index (χ2v) is 4.98. The molecular weight excluding hydrogens is 260 g/mol. The molecule has 4 nitrogen and oxygen atoms in total. The average molecular weight is 279 g/mol. The number of nitrogen functional groups attached to an aromatic ring is 1. The van der Waals surface area contributed by atoms with Crippen LogP contribution in [0.3, 0.4) is 0 Å². The fourth-order valence-corrected chi connectivity index (χ4v) is 2.73. The van der Waals surface area contributed by atoms with Crippen LogP contribution < -0.4 is 27.6 Å². The second kappa shape index (κ2) is 5.53. The summed E-state index contributed by atoms with van der Waals surface area (Å²) in [6.07, 6.45) is 5.27. The number of hydrogen-bond acceptors (Lipinski definition) is 2. The van der Waals surface area contributed by atoms with Gasteiger partial charge in [0.05, 0.1) is 13.0 Å². The Morgan fingerprint density at radius 2 is 2.05 bits per heavy atom. The molecule has 1 atom stereocenters. The fourth-order valence-electron chi connectivity index (χ4n) is 2.73. The molecule has 0 saturated carbocycles. The Morgan fingerprint density at radius 3 is 2.68 bits per heavy atom. The Labute approximate surface area is 119 Å². The van der Waals surface area contributed by atoms with Crippen LogP contribution in [0.15, 0.2) is 36.7 Å². The van der Waals surface area contributed by atoms with Gasteiger partial charge in [0.25, 0.3) is 5.82 Å². The normalized spacial score (nSPS) is 18.4. The Morgan fingerprint density at radius 1 is 1.32 bits per heavy atom. The van der Waals surface area contributed by atoms with Gasteiger partial charge in [-0.3, -0.25) is 0 Å². The highest BCUT2D eigenvalue weighted by Gasteiger charge is 2.30. The van der Waals surface area contributed by atoms with Gasteiger partial charge in [-0.1, -0.05) is 0 Å². The molecule has 1 aromatic carbocycles. The molecule has 1 fully saturated rings. The van der Waals surface area contributed by atoms with Gasteiger partial charge in [0.1, 0.15) is 12.4 Å². The molecule has 0 radical (unpaired) electrons. The van der Waals surface area contributed by atoms with E-state index in [9.17, 15) is 0 Å². The summed E-state index contributed by atoms with van der Waals surface area (Å²) in [6, 6.07) is 8.15. The smallest absolute Gasteiger partial charge is 0.259 e. The average Bonchev–Trinajstić information content (AvgIpc) is 2.98. The highest BCUT2D eigenvalue weighted by molar-refractivity contribution is 5.53. The lowest BCUT2D eigenvalue weighted by atomic mass is 10.1. The lowest BCUT2D eigenvalue weighted by Crippen LogP contribution is -3.00. The molecule has 1 aliphatic rings. The molecule has 1 aliphatic heterocycles. The number of hydrogen-bond donors (Lipinski definition) is 2. The van der Waals surface area contributed by atoms with Crippen molar-refractivity contribution in [1.82, 2.24) is 4.98 Å². The van der Waals surface area contributed by atoms with E-state index in [-0.39, 0.29) is 12.4 Å². The minimum absolute atomic E-state index is 0. The summed E-state index contributed by atoms with van der Waals surface area (Å²) < 4.78 is 2.18. The Balaban J connectivity index is 0.00000133. The van der Waals surface area contributed by atoms with Gasteiger partial charge < -0.3 is 23.0 Å². The number of benzene rings is 1. The van der Waals surface area contributed by atoms with Gasteiger partial charge in [-0.05, 0) is 30.7 Å². The fraction of sp³-hybridized carbons (Fsp3) is 0.357. The first-order valence-electron chi connectivity index (χ1n) is 6.37. The van der Waals surface area contributed by atoms with Crippen LogP contribution in [0.4, 0.5) is 11.4 Å². The predicted molar refractivity (Wildman–Crippen MR) is 72.4 cm³/mol. The maximum absolute atomic E-state index is 5.72. The van der Waals surface area contributed by atoms with Crippen molar-refractivity contribution in [3.63, 3.8) is 0 Å². The van der Waals surface area contributed by atoms with Crippen molar-refractivity contribution < 1.29 is 17.0 Å². The van der Waals surface area contributed by atoms with E-state index in [0.717, 1.165) is 18.8 Å². The predicted octanol–water partition coefficient (Wildman–Crippen LogP) is -1.58. The van der Waals surface area contributed by atoms with Crippen LogP contribution in [-0.2, 0) is 7.05 Å². The summed E-state index contributed by atoms with van der Waals surface area (Å²) in [5.74, 6) is 1.90. The summed E-state index contributed by atoms with van der Waals surface area (Å²) >= 11 is 0. The molecule has 2 aromatic rings. The number of aromatic nitrogens is 2. The van der Waals surface area contributed by atoms with Crippen molar-refractivity contribution in [2.45, 2.75) is 12.3 Å². The van der Waals surface area contributed by atoms with Crippen LogP contribution in [0.1, 0.15) is 18.2 Å². The van der Waals surface area contributed by atoms with Crippen molar-refractivity contribution in [2.75, 3.05) is 23.7 Å². The number of H-pyrrole nitrogens is 1. The molecular formula is C14H19ClN4. The van der Waals surface area contributed by atoms with E-state index < -0.39 is 0 Å². The van der Waals surface area contributed by atoms with Crippen molar-refractivity contribution in [1.29, 1.82) is 0 Å². The molecule has 19 heavy (non-hydrogen) atoms. The van der Waals surface area contributed by atoms with Crippen LogP contribution in [0.5, 0.6) is 0 Å². The van der Waals surface area contributed by atoms with Crippen molar-refractivity contribution in [3.8, 4) is 0 Å². The molecule has 1 saturated heterocycles. The minimum Gasteiger partial charge on any atom is -1.00 e. The summed E-state index contributed by atoms with van der Waals surface area (Å²) in [7, 11) is 2.09. The lowest BCUT2D eigenvalue weighted by Gasteiger charge is -2.18. The molecule has 5 heteroatoms. The number of nitrogens with two attached hydrogens (primary N) is 1. The number of rotatable bonds is 2. The zero-order valence-corrected chi connectivity index (χ0v) is 11.8. The first kappa shape index (κ1) is 13.7. The van der Waals surface area contributed by atoms with Gasteiger partial charge in [0.2, 0.25) is 0 Å². The number of aryl methyl sites for hydroxylation is 1. The molecule has 3 N–H and O–H groups in total. The molecule has 1 aromatic heterocycles. The largest absolute Gasteiger partial charge is 1.00 e. The standard InChI is InChI=1S/C14H18N4.ClH/c1-17-9-7-16-14(17)11-6-8-18(10-11)13-4-2-12(15)3-5-13;/h2-5,7,9,11H,6,8,10,15H2,1H3;1H. The Hall–Kier alpha value is -1.68. The molecule has 0 aliphatic carbocycles. The third kappa shape index (κ3) is 2.68. The molecule has 0 spiro atoms. The number of aromatic amines is 1. The van der Waals surface area contributed by atoms with Crippen LogP contribution in [-0.4, -0.2) is 18.1 Å². The van der Waals surface area contributed by atoms with E-state index in [2.05, 4.69) is 39.8 Å². The first-order chi connectivity index (χ1) is 8.74. The second-order valence-electron chi connectivity index (χ2n) is 4.98. The maximum Gasteiger partial charge on any atom is 0.259 e. The third-order valence-corrected chi connectivity index (χ3v) is 3.74. The molecule has 0 amide bonds. The van der Waals surface area contributed by atoms with E-state index in [0.29, 0.717) is 5.92 Å². The van der Waals surface area contributed by atoms with E-state index in [1.54, 1.807) is 0 Å². The van der Waals surface area contributed by atoms with Crippen LogP contribution in [0.2, 0.25) is 0 Å². The van der Waals surface area contributed by atoms with Crippen LogP contribution in [0, 0.1) is 0 Å². The number of imidazole rings is 1. The van der Waals surface area contributed by atoms with Crippen molar-refractivity contribution in [3.05, 3.63) is 42.5 Å². The van der Waals surface area contributed by atoms with Gasteiger partial charge in [0.15, 0.2) is 0 Å². The lowest BCUT2D eigenvalue weighted by molar-refractivity contribution is -0.679. The number of anilines is 2. The minimum atomic E-state index is 0. The number of nitrogens with one attached hydrogen (secondary N) is 1. The van der Waals surface area contributed by atoms with E-state index in [4.69, 9.17) is 5.73 Å². The van der Waals surface area contributed by atoms with E-state index in [1.807, 2.05) is 18.3 Å². The zero-order valence-electron chi connectivity index (χ0n) is 11.0. The van der Waals surface area contributed by atoms with Gasteiger partial charge in [0, 0.05) is 24.5 Å². The monoisotopic (exact) mass is 278 g/mol. The van der Waals surface area contributed by atoms with Crippen LogP contribution in [0.25, 0.3) is 0 Å². The molecule has 1 unspecified atom stereocenters. The molecule has 0 bridgehead atoms. The van der Waals surface area contributed by atoms with Crippen molar-refractivity contribution >= 4 is 11.4 Å². The third-order valence-electron chi connectivity index (χ3n) is 3.74. The Bertz CT molecular complexity index is 535. The van der Waals surface area contributed by atoms with Crippen LogP contribution >= 0.6 is 0 Å².